The predicted octanol–water partition coefficient (Wildman–Crippen LogP) is 0.760. The van der Waals surface area contributed by atoms with Crippen LogP contribution < -0.4 is 5.32 Å². The highest BCUT2D eigenvalue weighted by atomic mass is 16.5. The van der Waals surface area contributed by atoms with Gasteiger partial charge in [0.05, 0.1) is 24.8 Å². The average molecular weight is 326 g/mol. The van der Waals surface area contributed by atoms with E-state index in [0.717, 1.165) is 0 Å². The number of hydrogen-bond donors (Lipinski definition) is 1. The molecule has 0 aromatic heterocycles. The molecule has 0 saturated heterocycles. The van der Waals surface area contributed by atoms with Crippen molar-refractivity contribution in [2.24, 2.45) is 0 Å². The molecule has 0 radical (unpaired) electrons. The van der Waals surface area contributed by atoms with Gasteiger partial charge in [-0.25, -0.2) is 9.59 Å². The molecule has 0 saturated carbocycles. The molecule has 1 unspecified atom stereocenters. The summed E-state index contributed by atoms with van der Waals surface area (Å²) in [5.74, 6) is -1.64. The van der Waals surface area contributed by atoms with Crippen molar-refractivity contribution in [1.29, 1.82) is 0 Å². The van der Waals surface area contributed by atoms with E-state index < -0.39 is 36.2 Å². The smallest absolute Gasteiger partial charge is 0.337 e. The van der Waals surface area contributed by atoms with Crippen molar-refractivity contribution in [1.82, 2.24) is 10.2 Å². The zero-order valence-corrected chi connectivity index (χ0v) is 13.8. The number of nitrogens with zero attached hydrogens (tertiary/aromatic N) is 1. The van der Waals surface area contributed by atoms with Gasteiger partial charge in [0.1, 0.15) is 12.2 Å². The molecule has 0 aromatic rings. The summed E-state index contributed by atoms with van der Waals surface area (Å²) in [7, 11) is 1.51. The number of amides is 2. The summed E-state index contributed by atoms with van der Waals surface area (Å²) in [6, 6.07) is -1.25. The van der Waals surface area contributed by atoms with Crippen LogP contribution >= 0.6 is 0 Å². The third-order valence-electron chi connectivity index (χ3n) is 3.42. The minimum absolute atomic E-state index is 0.177. The summed E-state index contributed by atoms with van der Waals surface area (Å²) in [6.45, 7) is 5.28. The van der Waals surface area contributed by atoms with Crippen molar-refractivity contribution in [2.75, 3.05) is 20.3 Å². The van der Waals surface area contributed by atoms with Gasteiger partial charge in [-0.1, -0.05) is 0 Å². The van der Waals surface area contributed by atoms with E-state index in [2.05, 4.69) is 5.32 Å². The molecule has 0 spiro atoms. The summed E-state index contributed by atoms with van der Waals surface area (Å²) in [4.78, 5) is 48.6. The quantitative estimate of drug-likeness (QED) is 0.547. The topological polar surface area (TPSA) is 102 Å². The Bertz CT molecular complexity index is 540. The molecule has 1 heterocycles. The zero-order chi connectivity index (χ0) is 17.6. The van der Waals surface area contributed by atoms with Crippen LogP contribution in [-0.4, -0.2) is 55.0 Å². The normalized spacial score (nSPS) is 17.7. The van der Waals surface area contributed by atoms with E-state index in [1.807, 2.05) is 0 Å². The van der Waals surface area contributed by atoms with Gasteiger partial charge in [-0.15, -0.1) is 0 Å². The highest BCUT2D eigenvalue weighted by Crippen LogP contribution is 2.22. The maximum absolute atomic E-state index is 12.1. The number of rotatable bonds is 7. The Balaban J connectivity index is 2.93. The maximum atomic E-state index is 12.1. The van der Waals surface area contributed by atoms with Crippen LogP contribution in [0, 0.1) is 0 Å². The molecule has 2 amide bonds. The van der Waals surface area contributed by atoms with Crippen LogP contribution in [0.4, 0.5) is 4.79 Å². The molecule has 1 aliphatic heterocycles. The van der Waals surface area contributed by atoms with Crippen molar-refractivity contribution in [3.05, 3.63) is 11.3 Å². The maximum Gasteiger partial charge on any atom is 0.337 e. The van der Waals surface area contributed by atoms with Gasteiger partial charge < -0.3 is 19.7 Å². The molecule has 0 fully saturated rings. The molecular formula is C15H22N2O6. The van der Waals surface area contributed by atoms with Gasteiger partial charge in [0.25, 0.3) is 0 Å². The van der Waals surface area contributed by atoms with Crippen molar-refractivity contribution >= 4 is 23.8 Å². The Morgan fingerprint density at radius 2 is 1.78 bits per heavy atom. The van der Waals surface area contributed by atoms with Crippen molar-refractivity contribution in [2.45, 2.75) is 39.7 Å². The van der Waals surface area contributed by atoms with E-state index in [4.69, 9.17) is 9.47 Å². The zero-order valence-electron chi connectivity index (χ0n) is 13.8. The SMILES string of the molecule is CCOC(=O)CC(=O)CC1NC(=O)N(C)C(C)=C1C(=O)OCC. The average Bonchev–Trinajstić information content (AvgIpc) is 2.45. The summed E-state index contributed by atoms with van der Waals surface area (Å²) in [5, 5.41) is 2.58. The minimum atomic E-state index is -0.820. The van der Waals surface area contributed by atoms with Gasteiger partial charge in [-0.05, 0) is 20.8 Å². The number of Topliss-reactive ketones (excluding diaryl/α,β-unsaturated/α-hetero) is 1. The minimum Gasteiger partial charge on any atom is -0.466 e. The largest absolute Gasteiger partial charge is 0.466 e. The Labute approximate surface area is 134 Å². The van der Waals surface area contributed by atoms with Crippen molar-refractivity contribution in [3.63, 3.8) is 0 Å². The van der Waals surface area contributed by atoms with Gasteiger partial charge in [0, 0.05) is 19.2 Å². The highest BCUT2D eigenvalue weighted by molar-refractivity contribution is 5.99. The van der Waals surface area contributed by atoms with Gasteiger partial charge in [0.15, 0.2) is 0 Å². The number of esters is 2. The third kappa shape index (κ3) is 4.80. The fourth-order valence-electron chi connectivity index (χ4n) is 2.23. The molecular weight excluding hydrogens is 304 g/mol. The van der Waals surface area contributed by atoms with Gasteiger partial charge in [0.2, 0.25) is 0 Å². The first-order chi connectivity index (χ1) is 10.8. The molecule has 1 aliphatic rings. The van der Waals surface area contributed by atoms with Crippen LogP contribution in [0.1, 0.15) is 33.6 Å². The summed E-state index contributed by atoms with van der Waals surface area (Å²) in [5.41, 5.74) is 0.632. The Kier molecular flexibility index (Phi) is 6.74. The first kappa shape index (κ1) is 18.7. The van der Waals surface area contributed by atoms with Crippen LogP contribution in [0.15, 0.2) is 11.3 Å². The lowest BCUT2D eigenvalue weighted by molar-refractivity contribution is -0.145. The fraction of sp³-hybridized carbons (Fsp3) is 0.600. The fourth-order valence-corrected chi connectivity index (χ4v) is 2.23. The Morgan fingerprint density at radius 3 is 2.35 bits per heavy atom. The molecule has 128 valence electrons. The summed E-state index contributed by atoms with van der Waals surface area (Å²) in [6.07, 6.45) is -0.574. The van der Waals surface area contributed by atoms with Crippen LogP contribution in [0.2, 0.25) is 0 Å². The number of ether oxygens (including phenoxy) is 2. The van der Waals surface area contributed by atoms with E-state index in [1.165, 1.54) is 11.9 Å². The lowest BCUT2D eigenvalue weighted by atomic mass is 9.96. The molecule has 0 aromatic carbocycles. The molecule has 1 atom stereocenters. The van der Waals surface area contributed by atoms with Crippen LogP contribution in [0.25, 0.3) is 0 Å². The number of urea groups is 1. The number of allylic oxidation sites excluding steroid dienone is 1. The third-order valence-corrected chi connectivity index (χ3v) is 3.42. The first-order valence-electron chi connectivity index (χ1n) is 7.41. The number of nitrogens with one attached hydrogen (secondary N) is 1. The summed E-state index contributed by atoms with van der Waals surface area (Å²) >= 11 is 0. The van der Waals surface area contributed by atoms with Gasteiger partial charge in [-0.3, -0.25) is 9.59 Å². The first-order valence-corrected chi connectivity index (χ1v) is 7.41. The number of ketones is 1. The van der Waals surface area contributed by atoms with Gasteiger partial charge >= 0.3 is 18.0 Å². The van der Waals surface area contributed by atoms with Crippen LogP contribution in [-0.2, 0) is 23.9 Å². The number of carbonyl (C=O) groups excluding carboxylic acids is 4. The summed E-state index contributed by atoms with van der Waals surface area (Å²) < 4.78 is 9.70. The van der Waals surface area contributed by atoms with Crippen LogP contribution in [0.3, 0.4) is 0 Å². The van der Waals surface area contributed by atoms with E-state index in [1.54, 1.807) is 20.8 Å². The second-order valence-electron chi connectivity index (χ2n) is 5.01. The molecule has 1 rings (SSSR count). The van der Waals surface area contributed by atoms with Crippen molar-refractivity contribution < 1.29 is 28.7 Å². The lowest BCUT2D eigenvalue weighted by Crippen LogP contribution is -2.51. The van der Waals surface area contributed by atoms with E-state index in [9.17, 15) is 19.2 Å². The highest BCUT2D eigenvalue weighted by Gasteiger charge is 2.35. The molecule has 23 heavy (non-hydrogen) atoms. The van der Waals surface area contributed by atoms with Gasteiger partial charge in [-0.2, -0.15) is 0 Å². The second kappa shape index (κ2) is 8.30. The second-order valence-corrected chi connectivity index (χ2v) is 5.01. The van der Waals surface area contributed by atoms with Crippen LogP contribution in [0.5, 0.6) is 0 Å². The lowest BCUT2D eigenvalue weighted by Gasteiger charge is -2.32. The van der Waals surface area contributed by atoms with E-state index >= 15 is 0 Å². The molecule has 0 aliphatic carbocycles. The van der Waals surface area contributed by atoms with E-state index in [-0.39, 0.29) is 25.2 Å². The van der Waals surface area contributed by atoms with Crippen molar-refractivity contribution in [3.8, 4) is 0 Å². The molecule has 8 nitrogen and oxygen atoms in total. The Morgan fingerprint density at radius 1 is 1.17 bits per heavy atom. The molecule has 0 bridgehead atoms. The standard InChI is InChI=1S/C15H22N2O6/c1-5-22-12(19)8-10(18)7-11-13(14(20)23-6-2)9(3)17(4)15(21)16-11/h11H,5-8H2,1-4H3,(H,16,21). The predicted molar refractivity (Wildman–Crippen MR) is 80.3 cm³/mol. The molecule has 1 N–H and O–H groups in total. The monoisotopic (exact) mass is 326 g/mol. The number of hydrogen-bond acceptors (Lipinski definition) is 6. The number of carbonyl (C=O) groups is 4. The molecule has 8 heteroatoms. The van der Waals surface area contributed by atoms with E-state index in [0.29, 0.717) is 5.70 Å². The Hall–Kier alpha value is -2.38.